The van der Waals surface area contributed by atoms with E-state index in [-0.39, 0.29) is 16.9 Å². The Balaban J connectivity index is 2.32. The molecule has 0 bridgehead atoms. The van der Waals surface area contributed by atoms with E-state index < -0.39 is 37.5 Å². The van der Waals surface area contributed by atoms with Gasteiger partial charge in [0, 0.05) is 33.4 Å². The van der Waals surface area contributed by atoms with Crippen molar-refractivity contribution in [2.75, 3.05) is 12.0 Å². The Bertz CT molecular complexity index is 900. The van der Waals surface area contributed by atoms with Crippen molar-refractivity contribution in [3.8, 4) is 0 Å². The Labute approximate surface area is 166 Å². The monoisotopic (exact) mass is 434 g/mol. The van der Waals surface area contributed by atoms with Crippen molar-refractivity contribution < 1.29 is 21.4 Å². The van der Waals surface area contributed by atoms with Crippen molar-refractivity contribution in [1.82, 2.24) is 0 Å². The molecule has 8 heteroatoms. The lowest BCUT2D eigenvalue weighted by Gasteiger charge is -2.19. The van der Waals surface area contributed by atoms with E-state index in [0.717, 1.165) is 18.2 Å². The minimum Gasteiger partial charge on any atom is -0.260 e. The second-order valence-electron chi connectivity index (χ2n) is 6.28. The summed E-state index contributed by atoms with van der Waals surface area (Å²) >= 11 is 5.82. The van der Waals surface area contributed by atoms with E-state index in [0.29, 0.717) is 30.0 Å². The zero-order valence-electron chi connectivity index (χ0n) is 14.8. The molecule has 0 amide bonds. The smallest absolute Gasteiger partial charge is 0.185 e. The van der Waals surface area contributed by atoms with Gasteiger partial charge >= 0.3 is 0 Å². The molecule has 148 valence electrons. The molecule has 2 unspecified atom stereocenters. The van der Waals surface area contributed by atoms with E-state index >= 15 is 0 Å². The molecule has 2 atom stereocenters. The molecule has 2 aromatic carbocycles. The fraction of sp³-hybridized carbons (Fsp3) is 0.368. The topological polar surface area (TPSA) is 51.2 Å². The minimum absolute atomic E-state index is 0.00947. The van der Waals surface area contributed by atoms with Crippen LogP contribution >= 0.6 is 11.6 Å². The van der Waals surface area contributed by atoms with Gasteiger partial charge in [0.15, 0.2) is 9.84 Å². The molecular formula is C19H21ClF2O3S2. The number of unbranched alkanes of at least 4 members (excludes halogenated alkanes) is 2. The third-order valence-electron chi connectivity index (χ3n) is 4.22. The summed E-state index contributed by atoms with van der Waals surface area (Å²) in [7, 11) is -4.85. The molecule has 0 aliphatic heterocycles. The van der Waals surface area contributed by atoms with Crippen molar-refractivity contribution in [3.05, 3.63) is 64.7 Å². The first-order valence-electron chi connectivity index (χ1n) is 8.46. The fourth-order valence-corrected chi connectivity index (χ4v) is 5.41. The van der Waals surface area contributed by atoms with Crippen LogP contribution in [0.4, 0.5) is 8.78 Å². The van der Waals surface area contributed by atoms with Gasteiger partial charge in [0.1, 0.15) is 11.6 Å². The first kappa shape index (κ1) is 22.0. The van der Waals surface area contributed by atoms with Crippen LogP contribution in [0.2, 0.25) is 5.02 Å². The van der Waals surface area contributed by atoms with E-state index in [1.54, 1.807) is 6.26 Å². The fourth-order valence-electron chi connectivity index (χ4n) is 2.84. The number of halogens is 3. The molecule has 2 aromatic rings. The SMILES string of the molecule is CS(=O)CCCCCC(c1cc(F)ccc1F)S(=O)(=O)c1ccc(Cl)cc1. The Morgan fingerprint density at radius 2 is 1.70 bits per heavy atom. The number of hydrogen-bond donors (Lipinski definition) is 0. The van der Waals surface area contributed by atoms with E-state index in [1.807, 2.05) is 0 Å². The summed E-state index contributed by atoms with van der Waals surface area (Å²) in [4.78, 5) is 0.00947. The van der Waals surface area contributed by atoms with Gasteiger partial charge < -0.3 is 0 Å². The molecule has 0 heterocycles. The first-order valence-corrected chi connectivity index (χ1v) is 12.1. The Morgan fingerprint density at radius 3 is 2.33 bits per heavy atom. The molecule has 27 heavy (non-hydrogen) atoms. The van der Waals surface area contributed by atoms with Gasteiger partial charge in [0.05, 0.1) is 10.1 Å². The summed E-state index contributed by atoms with van der Waals surface area (Å²) in [6.45, 7) is 0. The van der Waals surface area contributed by atoms with Crippen LogP contribution in [-0.4, -0.2) is 24.6 Å². The van der Waals surface area contributed by atoms with Crippen LogP contribution < -0.4 is 0 Å². The second-order valence-corrected chi connectivity index (χ2v) is 10.4. The van der Waals surface area contributed by atoms with Crippen molar-refractivity contribution in [2.45, 2.75) is 35.8 Å². The minimum atomic E-state index is -3.94. The lowest BCUT2D eigenvalue weighted by atomic mass is 10.0. The van der Waals surface area contributed by atoms with Crippen molar-refractivity contribution in [1.29, 1.82) is 0 Å². The third kappa shape index (κ3) is 6.09. The maximum Gasteiger partial charge on any atom is 0.185 e. The molecular weight excluding hydrogens is 414 g/mol. The summed E-state index contributed by atoms with van der Waals surface area (Å²) in [5.41, 5.74) is -0.177. The highest BCUT2D eigenvalue weighted by Crippen LogP contribution is 2.35. The quantitative estimate of drug-likeness (QED) is 0.517. The average molecular weight is 435 g/mol. The van der Waals surface area contributed by atoms with Gasteiger partial charge in [-0.15, -0.1) is 0 Å². The van der Waals surface area contributed by atoms with Crippen LogP contribution in [0.1, 0.15) is 36.5 Å². The van der Waals surface area contributed by atoms with Crippen LogP contribution in [-0.2, 0) is 20.6 Å². The molecule has 0 fully saturated rings. The van der Waals surface area contributed by atoms with Gasteiger partial charge in [-0.3, -0.25) is 4.21 Å². The highest BCUT2D eigenvalue weighted by atomic mass is 35.5. The van der Waals surface area contributed by atoms with Crippen molar-refractivity contribution >= 4 is 32.2 Å². The molecule has 2 rings (SSSR count). The number of benzene rings is 2. The maximum absolute atomic E-state index is 14.3. The standard InChI is InChI=1S/C19H21ClF2O3S2/c1-26(23)12-4-2-3-5-19(17-13-15(21)8-11-18(17)22)27(24,25)16-9-6-14(20)7-10-16/h6-11,13,19H,2-5,12H2,1H3. The van der Waals surface area contributed by atoms with Gasteiger partial charge in [0.25, 0.3) is 0 Å². The molecule has 0 radical (unpaired) electrons. The summed E-state index contributed by atoms with van der Waals surface area (Å²) < 4.78 is 65.3. The Kier molecular flexibility index (Phi) is 7.94. The number of sulfone groups is 1. The van der Waals surface area contributed by atoms with E-state index in [2.05, 4.69) is 0 Å². The predicted octanol–water partition coefficient (Wildman–Crippen LogP) is 5.07. The van der Waals surface area contributed by atoms with Gasteiger partial charge in [-0.25, -0.2) is 17.2 Å². The van der Waals surface area contributed by atoms with Crippen LogP contribution in [0.15, 0.2) is 47.4 Å². The molecule has 0 spiro atoms. The van der Waals surface area contributed by atoms with E-state index in [1.165, 1.54) is 24.3 Å². The van der Waals surface area contributed by atoms with Crippen LogP contribution in [0, 0.1) is 11.6 Å². The lowest BCUT2D eigenvalue weighted by Crippen LogP contribution is -2.16. The van der Waals surface area contributed by atoms with E-state index in [4.69, 9.17) is 11.6 Å². The summed E-state index contributed by atoms with van der Waals surface area (Å²) in [6.07, 6.45) is 3.58. The van der Waals surface area contributed by atoms with Crippen molar-refractivity contribution in [2.24, 2.45) is 0 Å². The lowest BCUT2D eigenvalue weighted by molar-refractivity contribution is 0.540. The Morgan fingerprint density at radius 1 is 1.04 bits per heavy atom. The van der Waals surface area contributed by atoms with Gasteiger partial charge in [0.2, 0.25) is 0 Å². The summed E-state index contributed by atoms with van der Waals surface area (Å²) in [5.74, 6) is -0.916. The molecule has 0 aliphatic carbocycles. The molecule has 3 nitrogen and oxygen atoms in total. The van der Waals surface area contributed by atoms with Gasteiger partial charge in [-0.1, -0.05) is 24.4 Å². The molecule has 0 saturated heterocycles. The molecule has 0 aliphatic rings. The molecule has 0 N–H and O–H groups in total. The largest absolute Gasteiger partial charge is 0.260 e. The summed E-state index contributed by atoms with van der Waals surface area (Å²) in [6, 6.07) is 8.46. The second kappa shape index (κ2) is 9.75. The van der Waals surface area contributed by atoms with Crippen LogP contribution in [0.3, 0.4) is 0 Å². The zero-order valence-corrected chi connectivity index (χ0v) is 17.2. The predicted molar refractivity (Wildman–Crippen MR) is 105 cm³/mol. The molecule has 0 aromatic heterocycles. The van der Waals surface area contributed by atoms with Crippen molar-refractivity contribution in [3.63, 3.8) is 0 Å². The third-order valence-corrected chi connectivity index (χ3v) is 7.50. The number of hydrogen-bond acceptors (Lipinski definition) is 3. The maximum atomic E-state index is 14.3. The first-order chi connectivity index (χ1) is 12.7. The van der Waals surface area contributed by atoms with Crippen LogP contribution in [0.5, 0.6) is 0 Å². The highest BCUT2D eigenvalue weighted by Gasteiger charge is 2.31. The zero-order chi connectivity index (χ0) is 20.0. The van der Waals surface area contributed by atoms with Crippen LogP contribution in [0.25, 0.3) is 0 Å². The normalized spacial score (nSPS) is 14.1. The number of rotatable bonds is 9. The van der Waals surface area contributed by atoms with E-state index in [9.17, 15) is 21.4 Å². The summed E-state index contributed by atoms with van der Waals surface area (Å²) in [5, 5.41) is -0.823. The average Bonchev–Trinajstić information content (AvgIpc) is 2.60. The molecule has 0 saturated carbocycles. The van der Waals surface area contributed by atoms with Gasteiger partial charge in [-0.2, -0.15) is 0 Å². The highest BCUT2D eigenvalue weighted by molar-refractivity contribution is 7.91. The van der Waals surface area contributed by atoms with Gasteiger partial charge in [-0.05, 0) is 55.3 Å². The Hall–Kier alpha value is -1.31.